The number of benzene rings is 1. The zero-order valence-corrected chi connectivity index (χ0v) is 11.8. The Balaban J connectivity index is 2.13. The first kappa shape index (κ1) is 13.6. The molecule has 1 aromatic heterocycles. The van der Waals surface area contributed by atoms with Crippen molar-refractivity contribution in [1.29, 1.82) is 0 Å². The molecular formula is C15H21N3O. The van der Waals surface area contributed by atoms with E-state index in [4.69, 9.17) is 4.42 Å². The van der Waals surface area contributed by atoms with Crippen LogP contribution in [0.15, 0.2) is 28.7 Å². The van der Waals surface area contributed by atoms with E-state index in [1.807, 2.05) is 24.3 Å². The highest BCUT2D eigenvalue weighted by Crippen LogP contribution is 2.26. The lowest BCUT2D eigenvalue weighted by Crippen LogP contribution is -2.11. The Bertz CT molecular complexity index is 522. The molecule has 2 rings (SSSR count). The Morgan fingerprint density at radius 2 is 2.05 bits per heavy atom. The minimum absolute atomic E-state index is 0.573. The fraction of sp³-hybridized carbons (Fsp3) is 0.467. The molecule has 0 radical (unpaired) electrons. The number of hydrogen-bond acceptors (Lipinski definition) is 4. The van der Waals surface area contributed by atoms with Gasteiger partial charge in [-0.05, 0) is 24.5 Å². The van der Waals surface area contributed by atoms with Gasteiger partial charge in [0, 0.05) is 19.2 Å². The molecule has 4 nitrogen and oxygen atoms in total. The Labute approximate surface area is 114 Å². The number of hydrogen-bond donors (Lipinski definition) is 1. The molecule has 0 spiro atoms. The number of anilines is 1. The van der Waals surface area contributed by atoms with E-state index in [1.165, 1.54) is 12.8 Å². The van der Waals surface area contributed by atoms with Crippen LogP contribution in [-0.2, 0) is 0 Å². The number of para-hydroxylation sites is 1. The lowest BCUT2D eigenvalue weighted by molar-refractivity contribution is 0.532. The summed E-state index contributed by atoms with van der Waals surface area (Å²) in [7, 11) is 0. The highest BCUT2D eigenvalue weighted by molar-refractivity contribution is 5.72. The average molecular weight is 259 g/mol. The van der Waals surface area contributed by atoms with Gasteiger partial charge in [0.1, 0.15) is 0 Å². The van der Waals surface area contributed by atoms with E-state index in [2.05, 4.69) is 29.4 Å². The van der Waals surface area contributed by atoms with Crippen molar-refractivity contribution in [2.75, 3.05) is 11.9 Å². The summed E-state index contributed by atoms with van der Waals surface area (Å²) in [6.45, 7) is 7.23. The van der Waals surface area contributed by atoms with E-state index in [1.54, 1.807) is 6.92 Å². The summed E-state index contributed by atoms with van der Waals surface area (Å²) in [4.78, 5) is 0. The molecule has 0 aliphatic carbocycles. The first-order chi connectivity index (χ1) is 9.20. The van der Waals surface area contributed by atoms with Crippen LogP contribution in [0.2, 0.25) is 0 Å². The number of aryl methyl sites for hydroxylation is 1. The van der Waals surface area contributed by atoms with Gasteiger partial charge in [-0.3, -0.25) is 0 Å². The summed E-state index contributed by atoms with van der Waals surface area (Å²) < 4.78 is 5.50. The van der Waals surface area contributed by atoms with Gasteiger partial charge in [0.2, 0.25) is 11.8 Å². The summed E-state index contributed by atoms with van der Waals surface area (Å²) in [5.74, 6) is 1.82. The molecule has 0 aliphatic rings. The lowest BCUT2D eigenvalue weighted by Gasteiger charge is -2.14. The zero-order chi connectivity index (χ0) is 13.7. The van der Waals surface area contributed by atoms with Gasteiger partial charge >= 0.3 is 0 Å². The summed E-state index contributed by atoms with van der Waals surface area (Å²) in [5, 5.41) is 11.4. The van der Waals surface area contributed by atoms with Crippen molar-refractivity contribution in [2.45, 2.75) is 33.6 Å². The van der Waals surface area contributed by atoms with E-state index in [0.717, 1.165) is 17.8 Å². The summed E-state index contributed by atoms with van der Waals surface area (Å²) in [6, 6.07) is 8.04. The van der Waals surface area contributed by atoms with Crippen LogP contribution in [-0.4, -0.2) is 16.7 Å². The van der Waals surface area contributed by atoms with E-state index < -0.39 is 0 Å². The molecule has 0 aliphatic heterocycles. The minimum atomic E-state index is 0.573. The molecule has 4 heteroatoms. The highest BCUT2D eigenvalue weighted by Gasteiger charge is 2.11. The van der Waals surface area contributed by atoms with Crippen LogP contribution in [0.3, 0.4) is 0 Å². The lowest BCUT2D eigenvalue weighted by atomic mass is 10.1. The van der Waals surface area contributed by atoms with Crippen molar-refractivity contribution in [3.8, 4) is 11.5 Å². The van der Waals surface area contributed by atoms with Gasteiger partial charge < -0.3 is 9.73 Å². The van der Waals surface area contributed by atoms with Crippen molar-refractivity contribution in [2.24, 2.45) is 5.92 Å². The zero-order valence-electron chi connectivity index (χ0n) is 11.8. The summed E-state index contributed by atoms with van der Waals surface area (Å²) in [5.41, 5.74) is 2.01. The van der Waals surface area contributed by atoms with Crippen molar-refractivity contribution in [3.05, 3.63) is 30.2 Å². The first-order valence-electron chi connectivity index (χ1n) is 6.84. The van der Waals surface area contributed by atoms with Crippen molar-refractivity contribution >= 4 is 5.69 Å². The third-order valence-electron chi connectivity index (χ3n) is 3.11. The van der Waals surface area contributed by atoms with Crippen LogP contribution in [0.1, 0.15) is 32.6 Å². The maximum atomic E-state index is 5.50. The molecule has 1 unspecified atom stereocenters. The Hall–Kier alpha value is -1.84. The van der Waals surface area contributed by atoms with Crippen molar-refractivity contribution < 1.29 is 4.42 Å². The maximum absolute atomic E-state index is 5.50. The van der Waals surface area contributed by atoms with E-state index >= 15 is 0 Å². The van der Waals surface area contributed by atoms with Crippen LogP contribution in [0.5, 0.6) is 0 Å². The van der Waals surface area contributed by atoms with Crippen LogP contribution < -0.4 is 5.32 Å². The first-order valence-corrected chi connectivity index (χ1v) is 6.84. The molecule has 0 saturated heterocycles. The standard InChI is InChI=1S/C15H21N3O/c1-4-7-11(2)10-16-14-9-6-5-8-13(14)15-18-17-12(3)19-15/h5-6,8-9,11,16H,4,7,10H2,1-3H3. The molecule has 0 saturated carbocycles. The molecule has 1 aromatic carbocycles. The predicted octanol–water partition coefficient (Wildman–Crippen LogP) is 3.89. The molecule has 0 bridgehead atoms. The topological polar surface area (TPSA) is 51.0 Å². The van der Waals surface area contributed by atoms with Crippen LogP contribution in [0.25, 0.3) is 11.5 Å². The summed E-state index contributed by atoms with van der Waals surface area (Å²) in [6.07, 6.45) is 2.45. The van der Waals surface area contributed by atoms with Crippen LogP contribution in [0.4, 0.5) is 5.69 Å². The molecule has 1 atom stereocenters. The molecule has 0 amide bonds. The molecule has 2 aromatic rings. The minimum Gasteiger partial charge on any atom is -0.421 e. The second-order valence-corrected chi connectivity index (χ2v) is 4.95. The third kappa shape index (κ3) is 3.56. The highest BCUT2D eigenvalue weighted by atomic mass is 16.4. The van der Waals surface area contributed by atoms with Gasteiger partial charge in [-0.25, -0.2) is 0 Å². The monoisotopic (exact) mass is 259 g/mol. The van der Waals surface area contributed by atoms with Crippen molar-refractivity contribution in [1.82, 2.24) is 10.2 Å². The normalized spacial score (nSPS) is 12.4. The quantitative estimate of drug-likeness (QED) is 0.855. The molecule has 1 heterocycles. The second kappa shape index (κ2) is 6.36. The number of nitrogens with one attached hydrogen (secondary N) is 1. The molecular weight excluding hydrogens is 238 g/mol. The molecule has 19 heavy (non-hydrogen) atoms. The number of nitrogens with zero attached hydrogens (tertiary/aromatic N) is 2. The number of rotatable bonds is 6. The SMILES string of the molecule is CCCC(C)CNc1ccccc1-c1nnc(C)o1. The van der Waals surface area contributed by atoms with E-state index in [-0.39, 0.29) is 0 Å². The van der Waals surface area contributed by atoms with Crippen LogP contribution >= 0.6 is 0 Å². The van der Waals surface area contributed by atoms with Gasteiger partial charge in [-0.2, -0.15) is 0 Å². The van der Waals surface area contributed by atoms with Gasteiger partial charge in [0.25, 0.3) is 0 Å². The van der Waals surface area contributed by atoms with Gasteiger partial charge in [-0.1, -0.05) is 32.4 Å². The Morgan fingerprint density at radius 3 is 2.74 bits per heavy atom. The fourth-order valence-corrected chi connectivity index (χ4v) is 2.11. The van der Waals surface area contributed by atoms with Gasteiger partial charge in [-0.15, -0.1) is 10.2 Å². The summed E-state index contributed by atoms with van der Waals surface area (Å²) >= 11 is 0. The van der Waals surface area contributed by atoms with Crippen molar-refractivity contribution in [3.63, 3.8) is 0 Å². The third-order valence-corrected chi connectivity index (χ3v) is 3.11. The Morgan fingerprint density at radius 1 is 1.26 bits per heavy atom. The predicted molar refractivity (Wildman–Crippen MR) is 77.0 cm³/mol. The van der Waals surface area contributed by atoms with Gasteiger partial charge in [0.05, 0.1) is 5.56 Å². The second-order valence-electron chi connectivity index (χ2n) is 4.95. The van der Waals surface area contributed by atoms with E-state index in [9.17, 15) is 0 Å². The Kier molecular flexibility index (Phi) is 4.55. The largest absolute Gasteiger partial charge is 0.421 e. The van der Waals surface area contributed by atoms with E-state index in [0.29, 0.717) is 17.7 Å². The molecule has 0 fully saturated rings. The smallest absolute Gasteiger partial charge is 0.249 e. The fourth-order valence-electron chi connectivity index (χ4n) is 2.11. The van der Waals surface area contributed by atoms with Gasteiger partial charge in [0.15, 0.2) is 0 Å². The average Bonchev–Trinajstić information content (AvgIpc) is 2.84. The van der Waals surface area contributed by atoms with Crippen LogP contribution in [0, 0.1) is 12.8 Å². The maximum Gasteiger partial charge on any atom is 0.249 e. The molecule has 102 valence electrons. The molecule has 1 N–H and O–H groups in total. The number of aromatic nitrogens is 2.